The maximum Gasteiger partial charge on any atom is 0.275 e. The first-order valence-corrected chi connectivity index (χ1v) is 8.35. The number of thiazole rings is 1. The largest absolute Gasteiger partial charge is 0.497 e. The molecule has 8 heteroatoms. The van der Waals surface area contributed by atoms with Crippen molar-refractivity contribution < 1.29 is 13.9 Å². The lowest BCUT2D eigenvalue weighted by Gasteiger charge is -2.01. The third-order valence-electron chi connectivity index (χ3n) is 3.76. The molecule has 7 nitrogen and oxygen atoms in total. The van der Waals surface area contributed by atoms with E-state index in [4.69, 9.17) is 9.15 Å². The Kier molecular flexibility index (Phi) is 3.73. The van der Waals surface area contributed by atoms with Gasteiger partial charge >= 0.3 is 0 Å². The van der Waals surface area contributed by atoms with Gasteiger partial charge in [0.25, 0.3) is 5.91 Å². The fourth-order valence-corrected chi connectivity index (χ4v) is 3.16. The Hall–Kier alpha value is -3.13. The lowest BCUT2D eigenvalue weighted by Crippen LogP contribution is -2.15. The molecule has 0 radical (unpaired) electrons. The number of amides is 1. The van der Waals surface area contributed by atoms with E-state index in [1.807, 2.05) is 29.6 Å². The number of fused-ring (bicyclic) bond motifs is 1. The standard InChI is InChI=1S/C17H14N4O3S/c1-21-13(5-6-18-21)16(22)20-17-19-12(9-25-17)15-7-10-3-4-11(23-2)8-14(10)24-15/h3-9H,1-2H3,(H,19,20,22). The van der Waals surface area contributed by atoms with Gasteiger partial charge < -0.3 is 9.15 Å². The fraction of sp³-hybridized carbons (Fsp3) is 0.118. The highest BCUT2D eigenvalue weighted by atomic mass is 32.1. The van der Waals surface area contributed by atoms with Crippen LogP contribution in [0.1, 0.15) is 10.5 Å². The van der Waals surface area contributed by atoms with Crippen LogP contribution in [0.15, 0.2) is 46.3 Å². The molecule has 0 saturated heterocycles. The van der Waals surface area contributed by atoms with Gasteiger partial charge in [0, 0.05) is 30.1 Å². The molecular weight excluding hydrogens is 340 g/mol. The number of methoxy groups -OCH3 is 1. The summed E-state index contributed by atoms with van der Waals surface area (Å²) in [7, 11) is 3.33. The zero-order chi connectivity index (χ0) is 17.4. The summed E-state index contributed by atoms with van der Waals surface area (Å²) < 4.78 is 12.6. The van der Waals surface area contributed by atoms with E-state index in [0.29, 0.717) is 22.3 Å². The quantitative estimate of drug-likeness (QED) is 0.606. The fourth-order valence-electron chi connectivity index (χ4n) is 2.47. The third-order valence-corrected chi connectivity index (χ3v) is 4.52. The van der Waals surface area contributed by atoms with Gasteiger partial charge in [0.2, 0.25) is 0 Å². The normalized spacial score (nSPS) is 11.0. The molecule has 3 aromatic heterocycles. The zero-order valence-electron chi connectivity index (χ0n) is 13.5. The molecule has 0 aliphatic heterocycles. The predicted molar refractivity (Wildman–Crippen MR) is 95.0 cm³/mol. The Morgan fingerprint density at radius 2 is 2.20 bits per heavy atom. The SMILES string of the molecule is COc1ccc2cc(-c3csc(NC(=O)c4ccnn4C)n3)oc2c1. The van der Waals surface area contributed by atoms with E-state index in [-0.39, 0.29) is 5.91 Å². The van der Waals surface area contributed by atoms with E-state index < -0.39 is 0 Å². The van der Waals surface area contributed by atoms with Gasteiger partial charge in [-0.25, -0.2) is 4.98 Å². The minimum absolute atomic E-state index is 0.254. The topological polar surface area (TPSA) is 82.2 Å². The number of nitrogens with zero attached hydrogens (tertiary/aromatic N) is 3. The lowest BCUT2D eigenvalue weighted by molar-refractivity contribution is 0.101. The Labute approximate surface area is 146 Å². The molecule has 0 aliphatic rings. The van der Waals surface area contributed by atoms with Crippen LogP contribution in [-0.2, 0) is 7.05 Å². The Bertz CT molecular complexity index is 1060. The monoisotopic (exact) mass is 354 g/mol. The average molecular weight is 354 g/mol. The highest BCUT2D eigenvalue weighted by molar-refractivity contribution is 7.14. The van der Waals surface area contributed by atoms with E-state index in [0.717, 1.165) is 16.7 Å². The molecule has 3 heterocycles. The molecule has 0 unspecified atom stereocenters. The predicted octanol–water partition coefficient (Wildman–Crippen LogP) is 3.55. The second kappa shape index (κ2) is 6.06. The molecule has 25 heavy (non-hydrogen) atoms. The molecule has 1 aromatic carbocycles. The third kappa shape index (κ3) is 2.87. The van der Waals surface area contributed by atoms with Gasteiger partial charge in [0.1, 0.15) is 22.7 Å². The van der Waals surface area contributed by atoms with E-state index in [9.17, 15) is 4.79 Å². The maximum absolute atomic E-state index is 12.2. The lowest BCUT2D eigenvalue weighted by atomic mass is 10.2. The number of benzene rings is 1. The number of anilines is 1. The van der Waals surface area contributed by atoms with Crippen molar-refractivity contribution in [1.29, 1.82) is 0 Å². The number of furan rings is 1. The second-order valence-corrected chi connectivity index (χ2v) is 6.20. The number of carbonyl (C=O) groups is 1. The summed E-state index contributed by atoms with van der Waals surface area (Å²) in [5.41, 5.74) is 1.86. The van der Waals surface area contributed by atoms with Gasteiger partial charge in [-0.2, -0.15) is 5.10 Å². The number of aryl methyl sites for hydroxylation is 1. The Balaban J connectivity index is 1.58. The summed E-state index contributed by atoms with van der Waals surface area (Å²) in [6.07, 6.45) is 1.57. The molecule has 0 saturated carbocycles. The first-order chi connectivity index (χ1) is 12.1. The molecule has 1 amide bonds. The second-order valence-electron chi connectivity index (χ2n) is 5.35. The summed E-state index contributed by atoms with van der Waals surface area (Å²) in [6.45, 7) is 0. The van der Waals surface area contributed by atoms with Crippen molar-refractivity contribution in [3.8, 4) is 17.2 Å². The molecule has 0 aliphatic carbocycles. The molecule has 0 atom stereocenters. The summed E-state index contributed by atoms with van der Waals surface area (Å²) in [5, 5.41) is 10.1. The smallest absolute Gasteiger partial charge is 0.275 e. The van der Waals surface area contributed by atoms with Gasteiger partial charge in [-0.1, -0.05) is 0 Å². The van der Waals surface area contributed by atoms with Gasteiger partial charge in [-0.15, -0.1) is 11.3 Å². The summed E-state index contributed by atoms with van der Waals surface area (Å²) in [4.78, 5) is 16.6. The summed E-state index contributed by atoms with van der Waals surface area (Å²) in [6, 6.07) is 9.20. The van der Waals surface area contributed by atoms with E-state index in [1.54, 1.807) is 26.4 Å². The molecule has 126 valence electrons. The number of ether oxygens (including phenoxy) is 1. The number of hydrogen-bond acceptors (Lipinski definition) is 6. The molecule has 4 rings (SSSR count). The van der Waals surface area contributed by atoms with Crippen LogP contribution >= 0.6 is 11.3 Å². The van der Waals surface area contributed by atoms with Gasteiger partial charge in [0.15, 0.2) is 10.9 Å². The van der Waals surface area contributed by atoms with E-state index >= 15 is 0 Å². The summed E-state index contributed by atoms with van der Waals surface area (Å²) in [5.74, 6) is 1.12. The van der Waals surface area contributed by atoms with Crippen LogP contribution < -0.4 is 10.1 Å². The van der Waals surface area contributed by atoms with Crippen LogP contribution in [-0.4, -0.2) is 27.8 Å². The zero-order valence-corrected chi connectivity index (χ0v) is 14.3. The molecule has 0 fully saturated rings. The number of carbonyl (C=O) groups excluding carboxylic acids is 1. The molecular formula is C17H14N4O3S. The van der Waals surface area contributed by atoms with Crippen molar-refractivity contribution in [3.05, 3.63) is 47.6 Å². The number of hydrogen-bond donors (Lipinski definition) is 1. The van der Waals surface area contributed by atoms with E-state index in [2.05, 4.69) is 15.4 Å². The number of rotatable bonds is 4. The van der Waals surface area contributed by atoms with Crippen LogP contribution in [0.5, 0.6) is 5.75 Å². The highest BCUT2D eigenvalue weighted by Gasteiger charge is 2.15. The number of aromatic nitrogens is 3. The molecule has 4 aromatic rings. The Morgan fingerprint density at radius 3 is 2.96 bits per heavy atom. The Morgan fingerprint density at radius 1 is 1.32 bits per heavy atom. The molecule has 0 spiro atoms. The van der Waals surface area contributed by atoms with Crippen molar-refractivity contribution in [2.75, 3.05) is 12.4 Å². The van der Waals surface area contributed by atoms with Crippen LogP contribution in [0, 0.1) is 0 Å². The van der Waals surface area contributed by atoms with Crippen molar-refractivity contribution in [1.82, 2.24) is 14.8 Å². The first kappa shape index (κ1) is 15.4. The van der Waals surface area contributed by atoms with Crippen LogP contribution in [0.25, 0.3) is 22.4 Å². The number of nitrogens with one attached hydrogen (secondary N) is 1. The van der Waals surface area contributed by atoms with Crippen molar-refractivity contribution in [2.45, 2.75) is 0 Å². The van der Waals surface area contributed by atoms with Gasteiger partial charge in [0.05, 0.1) is 7.11 Å². The van der Waals surface area contributed by atoms with Crippen LogP contribution in [0.2, 0.25) is 0 Å². The van der Waals surface area contributed by atoms with Gasteiger partial charge in [-0.3, -0.25) is 14.8 Å². The van der Waals surface area contributed by atoms with Crippen molar-refractivity contribution in [2.24, 2.45) is 7.05 Å². The highest BCUT2D eigenvalue weighted by Crippen LogP contribution is 2.32. The van der Waals surface area contributed by atoms with E-state index in [1.165, 1.54) is 16.0 Å². The average Bonchev–Trinajstić information content (AvgIpc) is 3.32. The van der Waals surface area contributed by atoms with Crippen molar-refractivity contribution >= 4 is 33.3 Å². The van der Waals surface area contributed by atoms with Crippen molar-refractivity contribution in [3.63, 3.8) is 0 Å². The van der Waals surface area contributed by atoms with Gasteiger partial charge in [-0.05, 0) is 24.3 Å². The van der Waals surface area contributed by atoms with Crippen LogP contribution in [0.4, 0.5) is 5.13 Å². The van der Waals surface area contributed by atoms with Crippen LogP contribution in [0.3, 0.4) is 0 Å². The molecule has 1 N–H and O–H groups in total. The first-order valence-electron chi connectivity index (χ1n) is 7.47. The minimum atomic E-state index is -0.254. The maximum atomic E-state index is 12.2. The minimum Gasteiger partial charge on any atom is -0.497 e. The molecule has 0 bridgehead atoms. The summed E-state index contributed by atoms with van der Waals surface area (Å²) >= 11 is 1.34.